The number of rotatable bonds is 3. The van der Waals surface area contributed by atoms with Gasteiger partial charge < -0.3 is 4.57 Å². The van der Waals surface area contributed by atoms with E-state index in [9.17, 15) is 9.59 Å². The van der Waals surface area contributed by atoms with Crippen molar-refractivity contribution in [1.82, 2.24) is 14.8 Å². The van der Waals surface area contributed by atoms with Gasteiger partial charge in [0.1, 0.15) is 5.57 Å². The third kappa shape index (κ3) is 2.63. The maximum absolute atomic E-state index is 12.4. The van der Waals surface area contributed by atoms with Crippen LogP contribution in [0.25, 0.3) is 17.0 Å². The summed E-state index contributed by atoms with van der Waals surface area (Å²) < 4.78 is 2.18. The Morgan fingerprint density at radius 3 is 2.71 bits per heavy atom. The van der Waals surface area contributed by atoms with E-state index >= 15 is 0 Å². The summed E-state index contributed by atoms with van der Waals surface area (Å²) in [6.45, 7) is 4.28. The van der Waals surface area contributed by atoms with E-state index in [4.69, 9.17) is 12.2 Å². The fourth-order valence-corrected chi connectivity index (χ4v) is 2.98. The molecule has 2 heterocycles. The molecule has 1 aliphatic heterocycles. The van der Waals surface area contributed by atoms with Crippen molar-refractivity contribution in [3.8, 4) is 0 Å². The lowest BCUT2D eigenvalue weighted by Gasteiger charge is -2.24. The first-order valence-corrected chi connectivity index (χ1v) is 8.29. The lowest BCUT2D eigenvalue weighted by atomic mass is 10.1. The van der Waals surface area contributed by atoms with Crippen LogP contribution >= 0.6 is 12.2 Å². The van der Waals surface area contributed by atoms with Crippen LogP contribution in [0, 0.1) is 0 Å². The highest BCUT2D eigenvalue weighted by Gasteiger charge is 2.31. The second-order valence-corrected chi connectivity index (χ2v) is 6.33. The molecule has 5 nitrogen and oxygen atoms in total. The van der Waals surface area contributed by atoms with E-state index in [0.29, 0.717) is 6.04 Å². The number of thiocarbonyl (C=S) groups is 1. The second-order valence-electron chi connectivity index (χ2n) is 5.95. The number of amides is 2. The molecule has 1 aromatic carbocycles. The Labute approximate surface area is 145 Å². The number of nitrogens with one attached hydrogen (secondary N) is 1. The molecule has 1 saturated heterocycles. The zero-order valence-corrected chi connectivity index (χ0v) is 14.7. The number of aromatic nitrogens is 1. The molecule has 1 N–H and O–H groups in total. The van der Waals surface area contributed by atoms with Crippen molar-refractivity contribution in [2.24, 2.45) is 0 Å². The first kappa shape index (κ1) is 16.4. The molecule has 0 bridgehead atoms. The lowest BCUT2D eigenvalue weighted by molar-refractivity contribution is -0.128. The standard InChI is InChI=1S/C18H19N3O2S/c1-4-11(2)21-10-12(13-7-5-6-8-15(13)21)9-14-16(22)19-18(24)20(3)17(14)23/h5-11H,4H2,1-3H3,(H,19,22,24)/b14-9+/t11-/m1/s1. The molecule has 1 fully saturated rings. The van der Waals surface area contributed by atoms with Gasteiger partial charge in [-0.15, -0.1) is 0 Å². The summed E-state index contributed by atoms with van der Waals surface area (Å²) in [5.41, 5.74) is 2.04. The van der Waals surface area contributed by atoms with E-state index in [1.807, 2.05) is 30.5 Å². The molecule has 0 radical (unpaired) electrons. The molecule has 2 amide bonds. The minimum atomic E-state index is -0.455. The number of carbonyl (C=O) groups excluding carboxylic acids is 2. The molecule has 6 heteroatoms. The van der Waals surface area contributed by atoms with Crippen LogP contribution in [0.5, 0.6) is 0 Å². The van der Waals surface area contributed by atoms with Gasteiger partial charge in [0.25, 0.3) is 11.8 Å². The van der Waals surface area contributed by atoms with Gasteiger partial charge >= 0.3 is 0 Å². The van der Waals surface area contributed by atoms with Gasteiger partial charge in [-0.05, 0) is 37.7 Å². The fraction of sp³-hybridized carbons (Fsp3) is 0.278. The number of fused-ring (bicyclic) bond motifs is 1. The van der Waals surface area contributed by atoms with Crippen molar-refractivity contribution in [3.63, 3.8) is 0 Å². The van der Waals surface area contributed by atoms with Crippen LogP contribution in [-0.2, 0) is 9.59 Å². The zero-order valence-electron chi connectivity index (χ0n) is 13.9. The number of benzene rings is 1. The fourth-order valence-electron chi connectivity index (χ4n) is 2.81. The van der Waals surface area contributed by atoms with Gasteiger partial charge in [-0.25, -0.2) is 0 Å². The molecule has 1 atom stereocenters. The average molecular weight is 341 g/mol. The van der Waals surface area contributed by atoms with Crippen LogP contribution < -0.4 is 5.32 Å². The highest BCUT2D eigenvalue weighted by atomic mass is 32.1. The maximum Gasteiger partial charge on any atom is 0.265 e. The summed E-state index contributed by atoms with van der Waals surface area (Å²) in [6.07, 6.45) is 4.64. The molecule has 0 saturated carbocycles. The van der Waals surface area contributed by atoms with Gasteiger partial charge in [-0.2, -0.15) is 0 Å². The normalized spacial score (nSPS) is 18.4. The van der Waals surface area contributed by atoms with Gasteiger partial charge in [0.15, 0.2) is 5.11 Å². The maximum atomic E-state index is 12.4. The summed E-state index contributed by atoms with van der Waals surface area (Å²) in [6, 6.07) is 8.32. The molecule has 1 aliphatic rings. The van der Waals surface area contributed by atoms with E-state index in [-0.39, 0.29) is 16.6 Å². The van der Waals surface area contributed by atoms with E-state index in [1.54, 1.807) is 13.1 Å². The van der Waals surface area contributed by atoms with Gasteiger partial charge in [-0.1, -0.05) is 25.1 Å². The molecule has 3 rings (SSSR count). The first-order valence-electron chi connectivity index (χ1n) is 7.88. The van der Waals surface area contributed by atoms with E-state index in [2.05, 4.69) is 23.7 Å². The van der Waals surface area contributed by atoms with Crippen molar-refractivity contribution in [2.75, 3.05) is 7.05 Å². The average Bonchev–Trinajstić information content (AvgIpc) is 2.95. The Morgan fingerprint density at radius 1 is 1.29 bits per heavy atom. The predicted octanol–water partition coefficient (Wildman–Crippen LogP) is 2.87. The summed E-state index contributed by atoms with van der Waals surface area (Å²) in [7, 11) is 1.56. The van der Waals surface area contributed by atoms with Crippen LogP contribution in [0.15, 0.2) is 36.0 Å². The van der Waals surface area contributed by atoms with Crippen LogP contribution in [-0.4, -0.2) is 33.4 Å². The third-order valence-corrected chi connectivity index (χ3v) is 4.82. The van der Waals surface area contributed by atoms with Gasteiger partial charge in [0, 0.05) is 35.8 Å². The number of likely N-dealkylation sites (N-methyl/N-ethyl adjacent to an activating group) is 1. The molecule has 0 aliphatic carbocycles. The summed E-state index contributed by atoms with van der Waals surface area (Å²) >= 11 is 4.97. The molecule has 24 heavy (non-hydrogen) atoms. The highest BCUT2D eigenvalue weighted by Crippen LogP contribution is 2.28. The zero-order chi connectivity index (χ0) is 17.4. The molecular weight excluding hydrogens is 322 g/mol. The van der Waals surface area contributed by atoms with E-state index in [1.165, 1.54) is 4.90 Å². The summed E-state index contributed by atoms with van der Waals surface area (Å²) in [5.74, 6) is -0.840. The largest absolute Gasteiger partial charge is 0.344 e. The SMILES string of the molecule is CC[C@@H](C)n1cc(/C=C2\C(=O)NC(=S)N(C)C2=O)c2ccccc21. The molecule has 0 unspecified atom stereocenters. The molecule has 124 valence electrons. The molecule has 1 aromatic heterocycles. The monoisotopic (exact) mass is 341 g/mol. The number of para-hydroxylation sites is 1. The third-order valence-electron chi connectivity index (χ3n) is 4.44. The number of hydrogen-bond donors (Lipinski definition) is 1. The van der Waals surface area contributed by atoms with Crippen molar-refractivity contribution in [1.29, 1.82) is 0 Å². The van der Waals surface area contributed by atoms with Crippen LogP contribution in [0.2, 0.25) is 0 Å². The Kier molecular flexibility index (Phi) is 4.24. The first-order chi connectivity index (χ1) is 11.4. The minimum Gasteiger partial charge on any atom is -0.344 e. The lowest BCUT2D eigenvalue weighted by Crippen LogP contribution is -2.52. The van der Waals surface area contributed by atoms with Crippen molar-refractivity contribution in [2.45, 2.75) is 26.3 Å². The Morgan fingerprint density at radius 2 is 2.00 bits per heavy atom. The molecular formula is C18H19N3O2S. The topological polar surface area (TPSA) is 54.3 Å². The van der Waals surface area contributed by atoms with E-state index in [0.717, 1.165) is 22.9 Å². The van der Waals surface area contributed by atoms with Gasteiger partial charge in [-0.3, -0.25) is 19.8 Å². The van der Waals surface area contributed by atoms with Crippen molar-refractivity contribution < 1.29 is 9.59 Å². The van der Waals surface area contributed by atoms with Gasteiger partial charge in [0.05, 0.1) is 0 Å². The Bertz CT molecular complexity index is 882. The number of nitrogens with zero attached hydrogens (tertiary/aromatic N) is 2. The summed E-state index contributed by atoms with van der Waals surface area (Å²) in [4.78, 5) is 25.8. The predicted molar refractivity (Wildman–Crippen MR) is 98.4 cm³/mol. The van der Waals surface area contributed by atoms with Crippen molar-refractivity contribution >= 4 is 46.1 Å². The Balaban J connectivity index is 2.15. The second kappa shape index (κ2) is 6.20. The van der Waals surface area contributed by atoms with Crippen LogP contribution in [0.4, 0.5) is 0 Å². The van der Waals surface area contributed by atoms with Gasteiger partial charge in [0.2, 0.25) is 0 Å². The highest BCUT2D eigenvalue weighted by molar-refractivity contribution is 7.80. The minimum absolute atomic E-state index is 0.0955. The van der Waals surface area contributed by atoms with Crippen LogP contribution in [0.3, 0.4) is 0 Å². The summed E-state index contributed by atoms with van der Waals surface area (Å²) in [5, 5.41) is 3.69. The molecule has 0 spiro atoms. The van der Waals surface area contributed by atoms with Crippen LogP contribution in [0.1, 0.15) is 31.9 Å². The van der Waals surface area contributed by atoms with E-state index < -0.39 is 5.91 Å². The number of carbonyl (C=O) groups is 2. The molecule has 2 aromatic rings. The quantitative estimate of drug-likeness (QED) is 0.531. The van der Waals surface area contributed by atoms with Crippen molar-refractivity contribution in [3.05, 3.63) is 41.6 Å². The smallest absolute Gasteiger partial charge is 0.265 e. The number of hydrogen-bond acceptors (Lipinski definition) is 3. The Hall–Kier alpha value is -2.47.